The van der Waals surface area contributed by atoms with Crippen molar-refractivity contribution in [1.82, 2.24) is 13.9 Å². The molecular weight excluding hydrogens is 506 g/mol. The van der Waals surface area contributed by atoms with Crippen LogP contribution in [-0.2, 0) is 36.1 Å². The molecule has 196 valence electrons. The van der Waals surface area contributed by atoms with Crippen LogP contribution in [0.3, 0.4) is 0 Å². The molecule has 2 heterocycles. The normalized spacial score (nSPS) is 18.0. The van der Waals surface area contributed by atoms with E-state index in [1.807, 2.05) is 0 Å². The Morgan fingerprint density at radius 1 is 0.778 bits per heavy atom. The van der Waals surface area contributed by atoms with Crippen molar-refractivity contribution in [2.75, 3.05) is 46.0 Å². The second-order valence-electron chi connectivity index (χ2n) is 8.66. The van der Waals surface area contributed by atoms with Crippen molar-refractivity contribution in [3.63, 3.8) is 0 Å². The van der Waals surface area contributed by atoms with Crippen molar-refractivity contribution in [1.29, 1.82) is 0 Å². The average Bonchev–Trinajstić information content (AvgIpc) is 2.92. The van der Waals surface area contributed by atoms with Crippen LogP contribution in [0.5, 0.6) is 5.75 Å². The van der Waals surface area contributed by atoms with E-state index in [4.69, 9.17) is 9.47 Å². The summed E-state index contributed by atoms with van der Waals surface area (Å²) in [4.78, 5) is 12.6. The summed E-state index contributed by atoms with van der Waals surface area (Å²) >= 11 is 0. The first kappa shape index (κ1) is 26.6. The molecule has 1 N–H and O–H groups in total. The Morgan fingerprint density at radius 2 is 1.31 bits per heavy atom. The summed E-state index contributed by atoms with van der Waals surface area (Å²) < 4.78 is 64.4. The highest BCUT2D eigenvalue weighted by molar-refractivity contribution is 7.89. The van der Waals surface area contributed by atoms with Gasteiger partial charge in [-0.15, -0.1) is 0 Å². The Labute approximate surface area is 212 Å². The highest BCUT2D eigenvalue weighted by atomic mass is 32.2. The van der Waals surface area contributed by atoms with Gasteiger partial charge in [0, 0.05) is 32.7 Å². The summed E-state index contributed by atoms with van der Waals surface area (Å²) in [5.74, 6) is 0.0170. The van der Waals surface area contributed by atoms with E-state index in [1.54, 1.807) is 24.3 Å². The maximum Gasteiger partial charge on any atom is 0.258 e. The van der Waals surface area contributed by atoms with Crippen LogP contribution in [0.1, 0.15) is 24.8 Å². The van der Waals surface area contributed by atoms with Gasteiger partial charge < -0.3 is 14.8 Å². The maximum atomic E-state index is 12.7. The number of nitrogens with zero attached hydrogens (tertiary/aromatic N) is 2. The van der Waals surface area contributed by atoms with Gasteiger partial charge in [0.2, 0.25) is 20.0 Å². The third-order valence-electron chi connectivity index (χ3n) is 6.17. The number of carbonyl (C=O) groups is 1. The SMILES string of the molecule is O=C(COc1ccc(S(=O)(=O)N2CCOCC2)cc1)NCc1ccc(S(=O)(=O)N2CCCCC2)cc1. The zero-order valence-electron chi connectivity index (χ0n) is 20.0. The number of amides is 1. The van der Waals surface area contributed by atoms with Crippen molar-refractivity contribution in [3.05, 3.63) is 54.1 Å². The molecule has 0 bridgehead atoms. The first-order chi connectivity index (χ1) is 17.3. The van der Waals surface area contributed by atoms with Crippen molar-refractivity contribution in [3.8, 4) is 5.75 Å². The predicted molar refractivity (Wildman–Crippen MR) is 132 cm³/mol. The number of morpholine rings is 1. The summed E-state index contributed by atoms with van der Waals surface area (Å²) in [6.45, 7) is 2.46. The van der Waals surface area contributed by atoms with Gasteiger partial charge >= 0.3 is 0 Å². The van der Waals surface area contributed by atoms with E-state index < -0.39 is 20.0 Å². The third-order valence-corrected chi connectivity index (χ3v) is 9.99. The number of rotatable bonds is 9. The topological polar surface area (TPSA) is 122 Å². The molecule has 0 radical (unpaired) electrons. The molecule has 0 aromatic heterocycles. The van der Waals surface area contributed by atoms with Gasteiger partial charge in [-0.05, 0) is 54.8 Å². The van der Waals surface area contributed by atoms with E-state index in [2.05, 4.69) is 5.32 Å². The van der Waals surface area contributed by atoms with Crippen LogP contribution in [-0.4, -0.2) is 77.4 Å². The minimum Gasteiger partial charge on any atom is -0.484 e. The smallest absolute Gasteiger partial charge is 0.258 e. The van der Waals surface area contributed by atoms with Crippen LogP contribution < -0.4 is 10.1 Å². The third kappa shape index (κ3) is 6.43. The molecule has 0 atom stereocenters. The lowest BCUT2D eigenvalue weighted by molar-refractivity contribution is -0.123. The highest BCUT2D eigenvalue weighted by Gasteiger charge is 2.27. The van der Waals surface area contributed by atoms with Gasteiger partial charge in [-0.2, -0.15) is 8.61 Å². The maximum absolute atomic E-state index is 12.7. The largest absolute Gasteiger partial charge is 0.484 e. The van der Waals surface area contributed by atoms with E-state index in [-0.39, 0.29) is 28.8 Å². The fourth-order valence-electron chi connectivity index (χ4n) is 4.08. The first-order valence-corrected chi connectivity index (χ1v) is 14.8. The Morgan fingerprint density at radius 3 is 1.89 bits per heavy atom. The molecule has 0 aliphatic carbocycles. The Kier molecular flexibility index (Phi) is 8.62. The van der Waals surface area contributed by atoms with E-state index >= 15 is 0 Å². The lowest BCUT2D eigenvalue weighted by Gasteiger charge is -2.26. The Hall–Kier alpha value is -2.51. The Balaban J connectivity index is 1.25. The van der Waals surface area contributed by atoms with Gasteiger partial charge in [0.25, 0.3) is 5.91 Å². The van der Waals surface area contributed by atoms with Crippen molar-refractivity contribution >= 4 is 26.0 Å². The zero-order chi connectivity index (χ0) is 25.6. The van der Waals surface area contributed by atoms with Gasteiger partial charge in [0.1, 0.15) is 5.75 Å². The lowest BCUT2D eigenvalue weighted by atomic mass is 10.2. The molecule has 2 saturated heterocycles. The molecule has 2 fully saturated rings. The van der Waals surface area contributed by atoms with Crippen LogP contribution in [0.2, 0.25) is 0 Å². The number of hydrogen-bond acceptors (Lipinski definition) is 7. The van der Waals surface area contributed by atoms with Crippen LogP contribution in [0.25, 0.3) is 0 Å². The van der Waals surface area contributed by atoms with Crippen LogP contribution in [0.4, 0.5) is 0 Å². The van der Waals surface area contributed by atoms with Crippen molar-refractivity contribution in [2.24, 2.45) is 0 Å². The van der Waals surface area contributed by atoms with Crippen LogP contribution in [0, 0.1) is 0 Å². The molecule has 4 rings (SSSR count). The molecule has 0 saturated carbocycles. The molecule has 0 unspecified atom stereocenters. The van der Waals surface area contributed by atoms with Gasteiger partial charge in [-0.1, -0.05) is 18.6 Å². The number of carbonyl (C=O) groups excluding carboxylic acids is 1. The van der Waals surface area contributed by atoms with Crippen LogP contribution in [0.15, 0.2) is 58.3 Å². The molecule has 1 amide bonds. The minimum absolute atomic E-state index is 0.159. The number of piperidine rings is 1. The van der Waals surface area contributed by atoms with Crippen LogP contribution >= 0.6 is 0 Å². The van der Waals surface area contributed by atoms with Gasteiger partial charge in [0.15, 0.2) is 6.61 Å². The predicted octanol–water partition coefficient (Wildman–Crippen LogP) is 1.58. The molecule has 2 aromatic carbocycles. The summed E-state index contributed by atoms with van der Waals surface area (Å²) in [5, 5.41) is 2.73. The molecule has 36 heavy (non-hydrogen) atoms. The second kappa shape index (κ2) is 11.7. The average molecular weight is 538 g/mol. The zero-order valence-corrected chi connectivity index (χ0v) is 21.6. The van der Waals surface area contributed by atoms with Crippen molar-refractivity contribution in [2.45, 2.75) is 35.6 Å². The highest BCUT2D eigenvalue weighted by Crippen LogP contribution is 2.22. The van der Waals surface area contributed by atoms with E-state index in [0.717, 1.165) is 24.8 Å². The summed E-state index contributed by atoms with van der Waals surface area (Å²) in [6, 6.07) is 12.4. The second-order valence-corrected chi connectivity index (χ2v) is 12.5. The molecule has 12 heteroatoms. The number of sulfonamides is 2. The standard InChI is InChI=1S/C24H31N3O7S2/c28-24(19-34-21-6-10-23(11-7-21)36(31,32)27-14-16-33-17-15-27)25-18-20-4-8-22(9-5-20)35(29,30)26-12-2-1-3-13-26/h4-11H,1-3,12-19H2,(H,25,28). The number of benzene rings is 2. The molecule has 10 nitrogen and oxygen atoms in total. The van der Waals surface area contributed by atoms with E-state index in [0.29, 0.717) is 45.1 Å². The van der Waals surface area contributed by atoms with Gasteiger partial charge in [-0.3, -0.25) is 4.79 Å². The van der Waals surface area contributed by atoms with Crippen molar-refractivity contribution < 1.29 is 31.1 Å². The monoisotopic (exact) mass is 537 g/mol. The fourth-order valence-corrected chi connectivity index (χ4v) is 7.00. The first-order valence-electron chi connectivity index (χ1n) is 11.9. The van der Waals surface area contributed by atoms with Gasteiger partial charge in [-0.25, -0.2) is 16.8 Å². The summed E-state index contributed by atoms with van der Waals surface area (Å²) in [7, 11) is -7.08. The number of ether oxygens (including phenoxy) is 2. The molecule has 2 aliphatic rings. The van der Waals surface area contributed by atoms with E-state index in [9.17, 15) is 21.6 Å². The Bertz CT molecular complexity index is 1140. The quantitative estimate of drug-likeness (QED) is 0.515. The lowest BCUT2D eigenvalue weighted by Crippen LogP contribution is -2.40. The minimum atomic E-state index is -3.59. The fraction of sp³-hybridized carbons (Fsp3) is 0.458. The molecular formula is C24H31N3O7S2. The molecule has 0 spiro atoms. The summed E-state index contributed by atoms with van der Waals surface area (Å²) in [6.07, 6.45) is 2.81. The van der Waals surface area contributed by atoms with E-state index in [1.165, 1.54) is 32.9 Å². The number of hydrogen-bond donors (Lipinski definition) is 1. The van der Waals surface area contributed by atoms with Gasteiger partial charge in [0.05, 0.1) is 23.0 Å². The molecule has 2 aromatic rings. The number of nitrogens with one attached hydrogen (secondary N) is 1. The molecule has 2 aliphatic heterocycles. The summed E-state index contributed by atoms with van der Waals surface area (Å²) in [5.41, 5.74) is 0.763.